The molecular formula is C21H22N2O5S. The lowest BCUT2D eigenvalue weighted by Crippen LogP contribution is -2.19. The molecule has 0 spiro atoms. The number of fused-ring (bicyclic) bond motifs is 1. The third kappa shape index (κ3) is 4.60. The van der Waals surface area contributed by atoms with Gasteiger partial charge in [-0.2, -0.15) is 0 Å². The molecule has 0 saturated heterocycles. The SMILES string of the molecule is CCCOc1c(C(=O)OC)sc2ccc(NC(=O)Nc3ccccc3OC)cc12. The number of methoxy groups -OCH3 is 2. The van der Waals surface area contributed by atoms with E-state index in [2.05, 4.69) is 10.6 Å². The van der Waals surface area contributed by atoms with Gasteiger partial charge in [0.25, 0.3) is 0 Å². The molecule has 8 heteroatoms. The molecule has 2 N–H and O–H groups in total. The summed E-state index contributed by atoms with van der Waals surface area (Å²) in [6.45, 7) is 2.46. The van der Waals surface area contributed by atoms with E-state index in [9.17, 15) is 9.59 Å². The highest BCUT2D eigenvalue weighted by Gasteiger charge is 2.21. The fourth-order valence-corrected chi connectivity index (χ4v) is 3.81. The lowest BCUT2D eigenvalue weighted by molar-refractivity contribution is 0.0602. The van der Waals surface area contributed by atoms with Crippen molar-refractivity contribution in [1.82, 2.24) is 0 Å². The Hall–Kier alpha value is -3.26. The maximum atomic E-state index is 12.4. The van der Waals surface area contributed by atoms with Crippen molar-refractivity contribution in [3.63, 3.8) is 0 Å². The van der Waals surface area contributed by atoms with E-state index >= 15 is 0 Å². The summed E-state index contributed by atoms with van der Waals surface area (Å²) in [5.41, 5.74) is 1.13. The van der Waals surface area contributed by atoms with Gasteiger partial charge in [-0.05, 0) is 36.8 Å². The van der Waals surface area contributed by atoms with Crippen molar-refractivity contribution in [1.29, 1.82) is 0 Å². The molecule has 1 heterocycles. The highest BCUT2D eigenvalue weighted by atomic mass is 32.1. The molecule has 29 heavy (non-hydrogen) atoms. The van der Waals surface area contributed by atoms with Crippen LogP contribution in [0.3, 0.4) is 0 Å². The van der Waals surface area contributed by atoms with Crippen molar-refractivity contribution in [2.24, 2.45) is 0 Å². The van der Waals surface area contributed by atoms with Gasteiger partial charge < -0.3 is 24.8 Å². The van der Waals surface area contributed by atoms with Crippen LogP contribution in [0.4, 0.5) is 16.2 Å². The van der Waals surface area contributed by atoms with E-state index in [0.717, 1.165) is 16.5 Å². The molecule has 0 aliphatic rings. The molecule has 0 saturated carbocycles. The number of nitrogens with one attached hydrogen (secondary N) is 2. The molecule has 0 radical (unpaired) electrons. The Labute approximate surface area is 172 Å². The fraction of sp³-hybridized carbons (Fsp3) is 0.238. The minimum Gasteiger partial charge on any atom is -0.495 e. The third-order valence-electron chi connectivity index (χ3n) is 4.08. The van der Waals surface area contributed by atoms with Gasteiger partial charge in [0.15, 0.2) is 10.6 Å². The number of carbonyl (C=O) groups is 2. The molecule has 0 aliphatic heterocycles. The molecule has 1 aromatic heterocycles. The summed E-state index contributed by atoms with van der Waals surface area (Å²) >= 11 is 1.30. The third-order valence-corrected chi connectivity index (χ3v) is 5.21. The second-order valence-electron chi connectivity index (χ2n) is 6.09. The monoisotopic (exact) mass is 414 g/mol. The Balaban J connectivity index is 1.86. The van der Waals surface area contributed by atoms with Gasteiger partial charge in [0, 0.05) is 15.8 Å². The minimum absolute atomic E-state index is 0.409. The predicted octanol–water partition coefficient (Wildman–Crippen LogP) is 5.13. The zero-order valence-electron chi connectivity index (χ0n) is 16.4. The van der Waals surface area contributed by atoms with Crippen LogP contribution in [0.1, 0.15) is 23.0 Å². The number of carbonyl (C=O) groups excluding carboxylic acids is 2. The maximum Gasteiger partial charge on any atom is 0.351 e. The van der Waals surface area contributed by atoms with Crippen LogP contribution < -0.4 is 20.1 Å². The molecule has 2 amide bonds. The largest absolute Gasteiger partial charge is 0.495 e. The second kappa shape index (κ2) is 9.29. The smallest absolute Gasteiger partial charge is 0.351 e. The molecule has 0 bridgehead atoms. The number of ether oxygens (including phenoxy) is 3. The molecule has 3 aromatic rings. The standard InChI is InChI=1S/C21H22N2O5S/c1-4-11-28-18-14-12-13(9-10-17(14)29-19(18)20(24)27-3)22-21(25)23-15-7-5-6-8-16(15)26-2/h5-10,12H,4,11H2,1-3H3,(H2,22,23,25). The predicted molar refractivity (Wildman–Crippen MR) is 115 cm³/mol. The Bertz CT molecular complexity index is 1030. The minimum atomic E-state index is -0.444. The first-order valence-electron chi connectivity index (χ1n) is 9.06. The second-order valence-corrected chi connectivity index (χ2v) is 7.14. The van der Waals surface area contributed by atoms with E-state index in [1.165, 1.54) is 18.4 Å². The molecule has 2 aromatic carbocycles. The average Bonchev–Trinajstić information content (AvgIpc) is 3.09. The molecule has 0 atom stereocenters. The topological polar surface area (TPSA) is 85.9 Å². The number of hydrogen-bond donors (Lipinski definition) is 2. The van der Waals surface area contributed by atoms with E-state index in [1.807, 2.05) is 19.1 Å². The maximum absolute atomic E-state index is 12.4. The number of para-hydroxylation sites is 2. The average molecular weight is 414 g/mol. The first kappa shape index (κ1) is 20.5. The van der Waals surface area contributed by atoms with Crippen LogP contribution in [0, 0.1) is 0 Å². The van der Waals surface area contributed by atoms with Crippen LogP contribution in [0.15, 0.2) is 42.5 Å². The zero-order chi connectivity index (χ0) is 20.8. The van der Waals surface area contributed by atoms with Crippen molar-refractivity contribution in [3.8, 4) is 11.5 Å². The van der Waals surface area contributed by atoms with E-state index in [-0.39, 0.29) is 0 Å². The summed E-state index contributed by atoms with van der Waals surface area (Å²) in [5.74, 6) is 0.599. The number of rotatable bonds is 7. The van der Waals surface area contributed by atoms with Gasteiger partial charge in [-0.1, -0.05) is 19.1 Å². The first-order chi connectivity index (χ1) is 14.1. The van der Waals surface area contributed by atoms with Crippen LogP contribution in [-0.4, -0.2) is 32.8 Å². The van der Waals surface area contributed by atoms with Crippen LogP contribution in [0.25, 0.3) is 10.1 Å². The number of esters is 1. The molecule has 3 rings (SSSR count). The lowest BCUT2D eigenvalue weighted by atomic mass is 10.2. The number of urea groups is 1. The van der Waals surface area contributed by atoms with Crippen molar-refractivity contribution >= 4 is 44.8 Å². The molecule has 0 unspecified atom stereocenters. The number of hydrogen-bond acceptors (Lipinski definition) is 6. The summed E-state index contributed by atoms with van der Waals surface area (Å²) in [7, 11) is 2.88. The zero-order valence-corrected chi connectivity index (χ0v) is 17.2. The molecule has 0 fully saturated rings. The van der Waals surface area contributed by atoms with Gasteiger partial charge >= 0.3 is 12.0 Å². The Morgan fingerprint density at radius 1 is 1.07 bits per heavy atom. The summed E-state index contributed by atoms with van der Waals surface area (Å²) < 4.78 is 16.8. The van der Waals surface area contributed by atoms with Gasteiger partial charge in [0.1, 0.15) is 5.75 Å². The Kier molecular flexibility index (Phi) is 6.56. The van der Waals surface area contributed by atoms with Gasteiger partial charge in [-0.25, -0.2) is 9.59 Å². The van der Waals surface area contributed by atoms with E-state index in [1.54, 1.807) is 37.4 Å². The molecule has 152 valence electrons. The van der Waals surface area contributed by atoms with Gasteiger partial charge in [0.2, 0.25) is 0 Å². The first-order valence-corrected chi connectivity index (χ1v) is 9.87. The van der Waals surface area contributed by atoms with Crippen molar-refractivity contribution < 1.29 is 23.8 Å². The quantitative estimate of drug-likeness (QED) is 0.524. The van der Waals surface area contributed by atoms with Crippen LogP contribution in [0.2, 0.25) is 0 Å². The summed E-state index contributed by atoms with van der Waals surface area (Å²) in [6, 6.07) is 12.1. The lowest BCUT2D eigenvalue weighted by Gasteiger charge is -2.11. The van der Waals surface area contributed by atoms with Crippen LogP contribution in [-0.2, 0) is 4.74 Å². The van der Waals surface area contributed by atoms with E-state index < -0.39 is 12.0 Å². The van der Waals surface area contributed by atoms with Gasteiger partial charge in [-0.15, -0.1) is 11.3 Å². The highest BCUT2D eigenvalue weighted by molar-refractivity contribution is 7.21. The fourth-order valence-electron chi connectivity index (χ4n) is 2.76. The Morgan fingerprint density at radius 2 is 1.86 bits per heavy atom. The van der Waals surface area contributed by atoms with E-state index in [4.69, 9.17) is 14.2 Å². The van der Waals surface area contributed by atoms with Crippen molar-refractivity contribution in [2.75, 3.05) is 31.5 Å². The summed E-state index contributed by atoms with van der Waals surface area (Å²) in [5, 5.41) is 6.31. The van der Waals surface area contributed by atoms with E-state index in [0.29, 0.717) is 34.4 Å². The van der Waals surface area contributed by atoms with Crippen molar-refractivity contribution in [2.45, 2.75) is 13.3 Å². The van der Waals surface area contributed by atoms with Crippen molar-refractivity contribution in [3.05, 3.63) is 47.3 Å². The molecule has 0 aliphatic carbocycles. The van der Waals surface area contributed by atoms with Gasteiger partial charge in [-0.3, -0.25) is 0 Å². The number of anilines is 2. The summed E-state index contributed by atoms with van der Waals surface area (Å²) in [4.78, 5) is 24.9. The number of thiophene rings is 1. The van der Waals surface area contributed by atoms with Crippen LogP contribution in [0.5, 0.6) is 11.5 Å². The molecule has 7 nitrogen and oxygen atoms in total. The highest BCUT2D eigenvalue weighted by Crippen LogP contribution is 2.39. The number of amides is 2. The number of benzene rings is 2. The Morgan fingerprint density at radius 3 is 2.59 bits per heavy atom. The normalized spacial score (nSPS) is 10.4. The molecular weight excluding hydrogens is 392 g/mol. The van der Waals surface area contributed by atoms with Crippen LogP contribution >= 0.6 is 11.3 Å². The summed E-state index contributed by atoms with van der Waals surface area (Å²) in [6.07, 6.45) is 0.803. The van der Waals surface area contributed by atoms with Gasteiger partial charge in [0.05, 0.1) is 26.5 Å².